The van der Waals surface area contributed by atoms with E-state index in [9.17, 15) is 0 Å². The summed E-state index contributed by atoms with van der Waals surface area (Å²) >= 11 is 0. The van der Waals surface area contributed by atoms with Gasteiger partial charge in [-0.1, -0.05) is 12.1 Å². The van der Waals surface area contributed by atoms with Gasteiger partial charge in [-0.25, -0.2) is 0 Å². The zero-order chi connectivity index (χ0) is 19.0. The molecule has 0 aliphatic heterocycles. The molecule has 0 saturated carbocycles. The fraction of sp³-hybridized carbons (Fsp3) is 0. The van der Waals surface area contributed by atoms with E-state index in [1.807, 2.05) is 36.4 Å². The summed E-state index contributed by atoms with van der Waals surface area (Å²) in [7, 11) is 0. The van der Waals surface area contributed by atoms with Crippen LogP contribution in [0.2, 0.25) is 0 Å². The van der Waals surface area contributed by atoms with Crippen LogP contribution >= 0.6 is 0 Å². The van der Waals surface area contributed by atoms with Gasteiger partial charge < -0.3 is 46.0 Å². The molecule has 0 aliphatic rings. The van der Waals surface area contributed by atoms with E-state index in [4.69, 9.17) is 46.0 Å². The Balaban J connectivity index is -0.000000314. The van der Waals surface area contributed by atoms with E-state index in [0.717, 1.165) is 11.4 Å². The van der Waals surface area contributed by atoms with Gasteiger partial charge in [0.05, 0.1) is 26.6 Å². The fourth-order valence-electron chi connectivity index (χ4n) is 1.03. The molecule has 0 atom stereocenters. The molecule has 2 aromatic heterocycles. The van der Waals surface area contributed by atoms with Gasteiger partial charge in [0.2, 0.25) is 0 Å². The van der Waals surface area contributed by atoms with Crippen LogP contribution in [0.25, 0.3) is 11.4 Å². The van der Waals surface area contributed by atoms with Crippen molar-refractivity contribution in [2.75, 3.05) is 0 Å². The Hall–Kier alpha value is -3.57. The van der Waals surface area contributed by atoms with Crippen LogP contribution in [-0.2, 0) is 17.4 Å². The van der Waals surface area contributed by atoms with Crippen molar-refractivity contribution in [3.63, 3.8) is 0 Å². The first-order chi connectivity index (χ1) is 11.2. The largest absolute Gasteiger partial charge is 3.00 e. The number of nitrogens with zero attached hydrogens (tertiary/aromatic N) is 5. The maximum absolute atomic E-state index is 8.25. The third-order valence-electron chi connectivity index (χ3n) is 1.59. The summed E-state index contributed by atoms with van der Waals surface area (Å²) in [6.45, 7) is 0. The minimum Gasteiger partial charge on any atom is -0.356 e. The van der Waals surface area contributed by atoms with Crippen LogP contribution in [0.15, 0.2) is 48.8 Å². The van der Waals surface area contributed by atoms with Gasteiger partial charge in [0.15, 0.2) is 0 Å². The monoisotopic (exact) mass is 394 g/mol. The first-order valence-electron chi connectivity index (χ1n) is 5.43. The van der Waals surface area contributed by atoms with E-state index < -0.39 is 15.3 Å². The second kappa shape index (κ2) is 16.8. The molecule has 1 radical (unpaired) electrons. The topological polar surface area (TPSA) is 224 Å². The van der Waals surface area contributed by atoms with Crippen molar-refractivity contribution >= 4 is 0 Å². The van der Waals surface area contributed by atoms with E-state index in [0.29, 0.717) is 0 Å². The van der Waals surface area contributed by atoms with Crippen molar-refractivity contribution in [3.05, 3.63) is 94.8 Å². The van der Waals surface area contributed by atoms with Crippen LogP contribution < -0.4 is 0 Å². The molecule has 2 heterocycles. The first-order valence-corrected chi connectivity index (χ1v) is 5.43. The van der Waals surface area contributed by atoms with Crippen LogP contribution in [0.5, 0.6) is 0 Å². The number of pyridine rings is 2. The molecule has 2 rings (SSSR count). The Morgan fingerprint density at radius 3 is 1.00 bits per heavy atom. The van der Waals surface area contributed by atoms with Gasteiger partial charge in [-0.15, -0.1) is 0 Å². The second-order valence-electron chi connectivity index (χ2n) is 3.10. The average molecular weight is 394 g/mol. The summed E-state index contributed by atoms with van der Waals surface area (Å²) in [4.78, 5) is 33.1. The van der Waals surface area contributed by atoms with Gasteiger partial charge in [-0.05, 0) is 24.3 Å². The van der Waals surface area contributed by atoms with E-state index in [-0.39, 0.29) is 17.4 Å². The third-order valence-corrected chi connectivity index (χ3v) is 1.59. The predicted molar refractivity (Wildman–Crippen MR) is 78.6 cm³/mol. The van der Waals surface area contributed by atoms with Crippen LogP contribution in [-0.4, -0.2) is 25.2 Å². The van der Waals surface area contributed by atoms with Crippen molar-refractivity contribution in [3.8, 4) is 11.4 Å². The summed E-state index contributed by atoms with van der Waals surface area (Å²) in [5.74, 6) is 0. The molecule has 2 aromatic rings. The quantitative estimate of drug-likeness (QED) is 0.496. The van der Waals surface area contributed by atoms with Crippen LogP contribution in [0, 0.1) is 46.0 Å². The van der Waals surface area contributed by atoms with E-state index in [2.05, 4.69) is 9.97 Å². The SMILES string of the molecule is O=[N+]([O-])[O-].O=[N+]([O-])[O-].O=[N+]([O-])[O-].[Cr+3].c1ccc(-c2ccccn2)nc1. The number of aromatic nitrogens is 2. The molecule has 133 valence electrons. The van der Waals surface area contributed by atoms with Crippen molar-refractivity contribution in [1.82, 2.24) is 9.97 Å². The van der Waals surface area contributed by atoms with Gasteiger partial charge in [0.25, 0.3) is 0 Å². The molecule has 0 amide bonds. The summed E-state index contributed by atoms with van der Waals surface area (Å²) in [6.07, 6.45) is 3.54. The van der Waals surface area contributed by atoms with Crippen molar-refractivity contribution < 1.29 is 32.6 Å². The van der Waals surface area contributed by atoms with E-state index in [1.165, 1.54) is 0 Å². The maximum Gasteiger partial charge on any atom is 3.00 e. The number of hydrogen-bond acceptors (Lipinski definition) is 11. The van der Waals surface area contributed by atoms with Crippen LogP contribution in [0.4, 0.5) is 0 Å². The normalized spacial score (nSPS) is 7.52. The van der Waals surface area contributed by atoms with Crippen molar-refractivity contribution in [2.45, 2.75) is 0 Å². The number of hydrogen-bond donors (Lipinski definition) is 0. The average Bonchev–Trinajstić information content (AvgIpc) is 2.47. The molecule has 0 saturated heterocycles. The molecule has 14 nitrogen and oxygen atoms in total. The Kier molecular flexibility index (Phi) is 17.7. The molecule has 0 aliphatic carbocycles. The molecular weight excluding hydrogens is 386 g/mol. The number of rotatable bonds is 1. The third kappa shape index (κ3) is 25.7. The molecule has 0 N–H and O–H groups in total. The van der Waals surface area contributed by atoms with E-state index >= 15 is 0 Å². The summed E-state index contributed by atoms with van der Waals surface area (Å²) in [6, 6.07) is 11.6. The van der Waals surface area contributed by atoms with Gasteiger partial charge >= 0.3 is 17.4 Å². The van der Waals surface area contributed by atoms with Gasteiger partial charge in [-0.3, -0.25) is 9.97 Å². The zero-order valence-corrected chi connectivity index (χ0v) is 13.2. The van der Waals surface area contributed by atoms with Gasteiger partial charge in [-0.2, -0.15) is 0 Å². The van der Waals surface area contributed by atoms with Gasteiger partial charge in [0.1, 0.15) is 0 Å². The Morgan fingerprint density at radius 1 is 0.600 bits per heavy atom. The minimum absolute atomic E-state index is 0. The summed E-state index contributed by atoms with van der Waals surface area (Å²) in [5, 5.41) is 44.2. The van der Waals surface area contributed by atoms with Crippen molar-refractivity contribution in [1.29, 1.82) is 0 Å². The van der Waals surface area contributed by atoms with Crippen LogP contribution in [0.3, 0.4) is 0 Å². The molecule has 0 aromatic carbocycles. The Morgan fingerprint density at radius 2 is 0.840 bits per heavy atom. The molecule has 0 bridgehead atoms. The smallest absolute Gasteiger partial charge is 0.356 e. The molecule has 0 unspecified atom stereocenters. The Bertz CT molecular complexity index is 539. The maximum atomic E-state index is 8.25. The first kappa shape index (κ1) is 26.3. The fourth-order valence-corrected chi connectivity index (χ4v) is 1.03. The second-order valence-corrected chi connectivity index (χ2v) is 3.10. The molecule has 15 heteroatoms. The van der Waals surface area contributed by atoms with Crippen molar-refractivity contribution in [2.24, 2.45) is 0 Å². The zero-order valence-electron chi connectivity index (χ0n) is 11.9. The minimum atomic E-state index is -1.75. The van der Waals surface area contributed by atoms with Gasteiger partial charge in [0, 0.05) is 12.4 Å². The predicted octanol–water partition coefficient (Wildman–Crippen LogP) is 1.42. The summed E-state index contributed by atoms with van der Waals surface area (Å²) in [5.41, 5.74) is 1.83. The Labute approximate surface area is 149 Å². The molecule has 0 fully saturated rings. The molecule has 25 heavy (non-hydrogen) atoms. The van der Waals surface area contributed by atoms with E-state index in [1.54, 1.807) is 12.4 Å². The standard InChI is InChI=1S/C10H8N2.Cr.3NO3/c1-3-7-11-9(5-1)10-6-2-4-8-12-10;;3*2-1(3)4/h1-8H;;;;/q;+3;3*-1. The molecular formula is C10H8CrN5O9. The molecule has 0 spiro atoms. The van der Waals surface area contributed by atoms with Crippen LogP contribution in [0.1, 0.15) is 0 Å². The summed E-state index contributed by atoms with van der Waals surface area (Å²) < 4.78 is 0.